The number of hydrogen-bond acceptors (Lipinski definition) is 6. The van der Waals surface area contributed by atoms with E-state index in [1.54, 1.807) is 18.2 Å². The van der Waals surface area contributed by atoms with Crippen molar-refractivity contribution in [3.05, 3.63) is 41.9 Å². The number of rotatable bonds is 5. The maximum atomic E-state index is 12.4. The van der Waals surface area contributed by atoms with Gasteiger partial charge in [-0.25, -0.2) is 4.79 Å². The lowest BCUT2D eigenvalue weighted by Crippen LogP contribution is -2.44. The van der Waals surface area contributed by atoms with E-state index in [0.717, 1.165) is 24.6 Å². The van der Waals surface area contributed by atoms with Crippen molar-refractivity contribution in [2.45, 2.75) is 13.0 Å². The summed E-state index contributed by atoms with van der Waals surface area (Å²) >= 11 is 0. The normalized spacial score (nSPS) is 17.5. The molecular formula is C19H23N3O5. The van der Waals surface area contributed by atoms with Crippen molar-refractivity contribution < 1.29 is 23.4 Å². The van der Waals surface area contributed by atoms with E-state index >= 15 is 0 Å². The first-order valence-corrected chi connectivity index (χ1v) is 9.02. The van der Waals surface area contributed by atoms with Gasteiger partial charge in [-0.1, -0.05) is 0 Å². The average Bonchev–Trinajstić information content (AvgIpc) is 3.31. The van der Waals surface area contributed by atoms with Crippen LogP contribution in [0.3, 0.4) is 0 Å². The van der Waals surface area contributed by atoms with Gasteiger partial charge in [0.05, 0.1) is 19.3 Å². The summed E-state index contributed by atoms with van der Waals surface area (Å²) in [6.45, 7) is 5.52. The number of urea groups is 1. The highest BCUT2D eigenvalue weighted by molar-refractivity contribution is 5.89. The molecule has 0 spiro atoms. The molecule has 27 heavy (non-hydrogen) atoms. The third kappa shape index (κ3) is 4.17. The highest BCUT2D eigenvalue weighted by Gasteiger charge is 2.25. The first-order valence-electron chi connectivity index (χ1n) is 9.02. The van der Waals surface area contributed by atoms with Crippen LogP contribution in [0, 0.1) is 6.92 Å². The molecule has 0 aliphatic carbocycles. The van der Waals surface area contributed by atoms with Crippen LogP contribution in [0.2, 0.25) is 0 Å². The number of hydrogen-bond donors (Lipinski definition) is 2. The molecule has 8 heteroatoms. The van der Waals surface area contributed by atoms with Gasteiger partial charge in [0.15, 0.2) is 11.5 Å². The van der Waals surface area contributed by atoms with Crippen LogP contribution < -0.4 is 20.1 Å². The Kier molecular flexibility index (Phi) is 5.17. The highest BCUT2D eigenvalue weighted by atomic mass is 16.7. The van der Waals surface area contributed by atoms with Crippen molar-refractivity contribution in [1.82, 2.24) is 10.2 Å². The number of anilines is 1. The Morgan fingerprint density at radius 1 is 1.15 bits per heavy atom. The van der Waals surface area contributed by atoms with E-state index in [4.69, 9.17) is 18.6 Å². The number of ether oxygens (including phenoxy) is 3. The molecule has 8 nitrogen and oxygen atoms in total. The summed E-state index contributed by atoms with van der Waals surface area (Å²) in [6.07, 6.45) is 0. The zero-order chi connectivity index (χ0) is 18.6. The fourth-order valence-electron chi connectivity index (χ4n) is 3.27. The number of benzene rings is 1. The van der Waals surface area contributed by atoms with Gasteiger partial charge in [0.2, 0.25) is 6.79 Å². The van der Waals surface area contributed by atoms with Gasteiger partial charge in [-0.15, -0.1) is 0 Å². The second-order valence-corrected chi connectivity index (χ2v) is 6.52. The number of furan rings is 1. The Balaban J connectivity index is 1.38. The molecule has 4 rings (SSSR count). The number of nitrogens with one attached hydrogen (secondary N) is 2. The van der Waals surface area contributed by atoms with Gasteiger partial charge in [0.1, 0.15) is 11.5 Å². The van der Waals surface area contributed by atoms with Gasteiger partial charge in [-0.2, -0.15) is 0 Å². The molecule has 0 saturated carbocycles. The molecule has 2 aliphatic rings. The Bertz CT molecular complexity index is 800. The monoisotopic (exact) mass is 373 g/mol. The molecule has 1 aromatic heterocycles. The fourth-order valence-corrected chi connectivity index (χ4v) is 3.27. The van der Waals surface area contributed by atoms with Crippen molar-refractivity contribution in [3.63, 3.8) is 0 Å². The summed E-state index contributed by atoms with van der Waals surface area (Å²) in [6, 6.07) is 8.89. The molecule has 2 amide bonds. The zero-order valence-corrected chi connectivity index (χ0v) is 15.2. The molecule has 144 valence electrons. The summed E-state index contributed by atoms with van der Waals surface area (Å²) in [4.78, 5) is 14.6. The van der Waals surface area contributed by atoms with Gasteiger partial charge in [0, 0.05) is 31.4 Å². The minimum absolute atomic E-state index is 0.0369. The van der Waals surface area contributed by atoms with E-state index in [0.29, 0.717) is 36.9 Å². The minimum Gasteiger partial charge on any atom is -0.465 e. The summed E-state index contributed by atoms with van der Waals surface area (Å²) in [7, 11) is 0. The molecule has 0 radical (unpaired) electrons. The quantitative estimate of drug-likeness (QED) is 0.838. The van der Waals surface area contributed by atoms with Crippen LogP contribution in [0.5, 0.6) is 11.5 Å². The van der Waals surface area contributed by atoms with Crippen LogP contribution in [-0.4, -0.2) is 50.6 Å². The summed E-state index contributed by atoms with van der Waals surface area (Å²) in [5.41, 5.74) is 0.647. The number of aryl methyl sites for hydroxylation is 1. The molecule has 1 fully saturated rings. The van der Waals surface area contributed by atoms with Crippen LogP contribution >= 0.6 is 0 Å². The number of carbonyl (C=O) groups is 1. The van der Waals surface area contributed by atoms with Crippen molar-refractivity contribution in [3.8, 4) is 11.5 Å². The van der Waals surface area contributed by atoms with Crippen molar-refractivity contribution in [1.29, 1.82) is 0 Å². The maximum absolute atomic E-state index is 12.4. The Morgan fingerprint density at radius 3 is 2.74 bits per heavy atom. The zero-order valence-electron chi connectivity index (χ0n) is 15.2. The van der Waals surface area contributed by atoms with Crippen LogP contribution in [0.25, 0.3) is 0 Å². The van der Waals surface area contributed by atoms with E-state index in [2.05, 4.69) is 15.5 Å². The first-order chi connectivity index (χ1) is 13.2. The third-order valence-electron chi connectivity index (χ3n) is 4.66. The van der Waals surface area contributed by atoms with E-state index in [9.17, 15) is 4.79 Å². The second kappa shape index (κ2) is 7.89. The van der Waals surface area contributed by atoms with Crippen molar-refractivity contribution in [2.75, 3.05) is 45.0 Å². The number of carbonyl (C=O) groups excluding carboxylic acids is 1. The summed E-state index contributed by atoms with van der Waals surface area (Å²) in [5.74, 6) is 3.01. The molecule has 3 heterocycles. The lowest BCUT2D eigenvalue weighted by Gasteiger charge is -2.33. The van der Waals surface area contributed by atoms with Crippen LogP contribution in [0.4, 0.5) is 10.5 Å². The summed E-state index contributed by atoms with van der Waals surface area (Å²) in [5, 5.41) is 5.77. The van der Waals surface area contributed by atoms with E-state index in [1.807, 2.05) is 19.1 Å². The van der Waals surface area contributed by atoms with Gasteiger partial charge >= 0.3 is 6.03 Å². The fraction of sp³-hybridized carbons (Fsp3) is 0.421. The molecule has 2 N–H and O–H groups in total. The molecule has 1 unspecified atom stereocenters. The number of morpholine rings is 1. The van der Waals surface area contributed by atoms with Crippen LogP contribution in [0.1, 0.15) is 17.6 Å². The lowest BCUT2D eigenvalue weighted by atomic mass is 10.1. The van der Waals surface area contributed by atoms with Crippen molar-refractivity contribution in [2.24, 2.45) is 0 Å². The number of amides is 2. The van der Waals surface area contributed by atoms with Gasteiger partial charge < -0.3 is 29.3 Å². The molecule has 1 saturated heterocycles. The first kappa shape index (κ1) is 17.7. The van der Waals surface area contributed by atoms with E-state index < -0.39 is 0 Å². The molecule has 0 bridgehead atoms. The maximum Gasteiger partial charge on any atom is 0.319 e. The number of nitrogens with zero attached hydrogens (tertiary/aromatic N) is 1. The standard InChI is InChI=1S/C19H23N3O5/c1-13-2-4-16(27-13)15(22-6-8-24-9-7-22)11-20-19(23)21-14-3-5-17-18(10-14)26-12-25-17/h2-5,10,15H,6-9,11-12H2,1H3,(H2,20,21,23). The molecule has 1 aromatic carbocycles. The van der Waals surface area contributed by atoms with Crippen LogP contribution in [-0.2, 0) is 4.74 Å². The Labute approximate surface area is 157 Å². The van der Waals surface area contributed by atoms with Crippen molar-refractivity contribution >= 4 is 11.7 Å². The highest BCUT2D eigenvalue weighted by Crippen LogP contribution is 2.34. The van der Waals surface area contributed by atoms with Gasteiger partial charge in [0.25, 0.3) is 0 Å². The predicted molar refractivity (Wildman–Crippen MR) is 98.2 cm³/mol. The van der Waals surface area contributed by atoms with Crippen LogP contribution in [0.15, 0.2) is 34.7 Å². The average molecular weight is 373 g/mol. The van der Waals surface area contributed by atoms with Gasteiger partial charge in [-0.3, -0.25) is 4.90 Å². The lowest BCUT2D eigenvalue weighted by molar-refractivity contribution is 0.0122. The minimum atomic E-state index is -0.282. The Morgan fingerprint density at radius 2 is 1.96 bits per heavy atom. The third-order valence-corrected chi connectivity index (χ3v) is 4.66. The molecule has 2 aliphatic heterocycles. The Hall–Kier alpha value is -2.71. The molecular weight excluding hydrogens is 350 g/mol. The molecule has 2 aromatic rings. The van der Waals surface area contributed by atoms with E-state index in [1.165, 1.54) is 0 Å². The van der Waals surface area contributed by atoms with E-state index in [-0.39, 0.29) is 18.9 Å². The largest absolute Gasteiger partial charge is 0.465 e. The predicted octanol–water partition coefficient (Wildman–Crippen LogP) is 2.51. The van der Waals surface area contributed by atoms with Gasteiger partial charge in [-0.05, 0) is 31.2 Å². The SMILES string of the molecule is Cc1ccc(C(CNC(=O)Nc2ccc3c(c2)OCO3)N2CCOCC2)o1. The summed E-state index contributed by atoms with van der Waals surface area (Å²) < 4.78 is 21.9. The molecule has 1 atom stereocenters. The topological polar surface area (TPSA) is 85.2 Å². The number of fused-ring (bicyclic) bond motifs is 1. The second-order valence-electron chi connectivity index (χ2n) is 6.52. The smallest absolute Gasteiger partial charge is 0.319 e.